The number of aryl methyl sites for hydroxylation is 1. The molecule has 8 heteroatoms. The van der Waals surface area contributed by atoms with Gasteiger partial charge in [-0.05, 0) is 60.4 Å². The Labute approximate surface area is 176 Å². The van der Waals surface area contributed by atoms with Crippen molar-refractivity contribution in [2.45, 2.75) is 20.4 Å². The van der Waals surface area contributed by atoms with Crippen LogP contribution < -0.4 is 10.1 Å². The molecule has 0 atom stereocenters. The predicted molar refractivity (Wildman–Crippen MR) is 108 cm³/mol. The zero-order chi connectivity index (χ0) is 22.7. The second-order valence-electron chi connectivity index (χ2n) is 6.95. The van der Waals surface area contributed by atoms with Gasteiger partial charge in [0.2, 0.25) is 0 Å². The van der Waals surface area contributed by atoms with E-state index in [2.05, 4.69) is 5.32 Å². The van der Waals surface area contributed by atoms with Crippen molar-refractivity contribution in [1.29, 1.82) is 0 Å². The molecule has 0 aliphatic rings. The number of nitrogens with one attached hydrogen (secondary N) is 1. The van der Waals surface area contributed by atoms with Crippen molar-refractivity contribution in [1.82, 2.24) is 0 Å². The topological polar surface area (TPSA) is 58.6 Å². The number of carboxylic acids is 1. The molecule has 0 aliphatic carbocycles. The lowest BCUT2D eigenvalue weighted by Crippen LogP contribution is -2.12. The van der Waals surface area contributed by atoms with E-state index in [9.17, 15) is 22.4 Å². The van der Waals surface area contributed by atoms with Gasteiger partial charge in [0.1, 0.15) is 11.5 Å². The van der Waals surface area contributed by atoms with Gasteiger partial charge in [0.25, 0.3) is 0 Å². The monoisotopic (exact) mass is 433 g/mol. The highest BCUT2D eigenvalue weighted by Gasteiger charge is 2.17. The third kappa shape index (κ3) is 4.79. The van der Waals surface area contributed by atoms with Crippen molar-refractivity contribution in [3.8, 4) is 16.9 Å². The molecule has 0 saturated heterocycles. The molecule has 3 aromatic rings. The van der Waals surface area contributed by atoms with Gasteiger partial charge in [0, 0.05) is 12.1 Å². The van der Waals surface area contributed by atoms with E-state index < -0.39 is 47.3 Å². The number of rotatable bonds is 7. The van der Waals surface area contributed by atoms with Gasteiger partial charge in [-0.25, -0.2) is 22.4 Å². The fourth-order valence-electron chi connectivity index (χ4n) is 3.13. The van der Waals surface area contributed by atoms with Crippen molar-refractivity contribution >= 4 is 11.7 Å². The molecule has 2 N–H and O–H groups in total. The molecule has 3 rings (SSSR count). The normalized spacial score (nSPS) is 10.8. The van der Waals surface area contributed by atoms with Gasteiger partial charge in [0.05, 0.1) is 0 Å². The van der Waals surface area contributed by atoms with Gasteiger partial charge in [-0.15, -0.1) is 0 Å². The third-order valence-electron chi connectivity index (χ3n) is 4.90. The van der Waals surface area contributed by atoms with Crippen LogP contribution in [0.4, 0.5) is 23.2 Å². The van der Waals surface area contributed by atoms with E-state index in [-0.39, 0.29) is 12.1 Å². The smallest absolute Gasteiger partial charge is 0.341 e. The van der Waals surface area contributed by atoms with Crippen molar-refractivity contribution in [3.05, 3.63) is 82.4 Å². The number of aliphatic carboxylic acids is 1. The average Bonchev–Trinajstić information content (AvgIpc) is 2.72. The Morgan fingerprint density at radius 3 is 2.45 bits per heavy atom. The molecule has 0 aromatic heterocycles. The summed E-state index contributed by atoms with van der Waals surface area (Å²) in [5, 5.41) is 11.3. The molecular weight excluding hydrogens is 414 g/mol. The van der Waals surface area contributed by atoms with Gasteiger partial charge < -0.3 is 15.2 Å². The van der Waals surface area contributed by atoms with E-state index in [1.165, 1.54) is 12.1 Å². The van der Waals surface area contributed by atoms with Crippen LogP contribution in [0.5, 0.6) is 5.75 Å². The zero-order valence-electron chi connectivity index (χ0n) is 16.7. The summed E-state index contributed by atoms with van der Waals surface area (Å²) in [5.41, 5.74) is 2.24. The first-order chi connectivity index (χ1) is 14.7. The summed E-state index contributed by atoms with van der Waals surface area (Å²) in [5.74, 6) is -5.62. The van der Waals surface area contributed by atoms with Gasteiger partial charge in [-0.1, -0.05) is 18.2 Å². The Balaban J connectivity index is 1.92. The Hall–Kier alpha value is -3.55. The summed E-state index contributed by atoms with van der Waals surface area (Å²) in [7, 11) is 0. The van der Waals surface area contributed by atoms with Crippen LogP contribution in [0.1, 0.15) is 16.7 Å². The first-order valence-electron chi connectivity index (χ1n) is 9.30. The van der Waals surface area contributed by atoms with Crippen LogP contribution in [0.2, 0.25) is 0 Å². The largest absolute Gasteiger partial charge is 0.479 e. The van der Waals surface area contributed by atoms with Crippen LogP contribution in [-0.4, -0.2) is 17.7 Å². The molecule has 0 heterocycles. The van der Waals surface area contributed by atoms with Crippen LogP contribution in [0.25, 0.3) is 11.1 Å². The first-order valence-corrected chi connectivity index (χ1v) is 9.30. The van der Waals surface area contributed by atoms with Gasteiger partial charge >= 0.3 is 5.97 Å². The van der Waals surface area contributed by atoms with Gasteiger partial charge in [-0.2, -0.15) is 0 Å². The van der Waals surface area contributed by atoms with Crippen molar-refractivity contribution < 1.29 is 32.2 Å². The molecule has 4 nitrogen and oxygen atoms in total. The fourth-order valence-corrected chi connectivity index (χ4v) is 3.13. The fraction of sp³-hybridized carbons (Fsp3) is 0.174. The number of anilines is 1. The van der Waals surface area contributed by atoms with E-state index in [0.717, 1.165) is 29.3 Å². The summed E-state index contributed by atoms with van der Waals surface area (Å²) in [6, 6.07) is 9.15. The number of benzene rings is 3. The minimum Gasteiger partial charge on any atom is -0.479 e. The summed E-state index contributed by atoms with van der Waals surface area (Å²) in [6.07, 6.45) is 0. The molecule has 0 aliphatic heterocycles. The first kappa shape index (κ1) is 22.1. The SMILES string of the molecule is Cc1cc(-c2cccc(F)c2F)cc(CNc2c(F)ccc(OCC(=O)O)c2F)c1C. The lowest BCUT2D eigenvalue weighted by Gasteiger charge is -2.16. The van der Waals surface area contributed by atoms with Crippen LogP contribution in [0, 0.1) is 37.1 Å². The minimum absolute atomic E-state index is 0.0202. The van der Waals surface area contributed by atoms with Gasteiger partial charge in [0.15, 0.2) is 29.8 Å². The molecule has 0 saturated carbocycles. The second kappa shape index (κ2) is 9.07. The number of carbonyl (C=O) groups is 1. The summed E-state index contributed by atoms with van der Waals surface area (Å²) in [4.78, 5) is 10.6. The second-order valence-corrected chi connectivity index (χ2v) is 6.95. The van der Waals surface area contributed by atoms with Crippen molar-refractivity contribution in [2.75, 3.05) is 11.9 Å². The standard InChI is InChI=1S/C23H19F4NO3/c1-12-8-14(16-4-3-5-17(24)21(16)26)9-15(13(12)2)10-28-23-18(25)6-7-19(22(23)27)31-11-20(29)30/h3-9,28H,10-11H2,1-2H3,(H,29,30). The average molecular weight is 433 g/mol. The maximum absolute atomic E-state index is 14.6. The number of carboxylic acid groups (broad SMARTS) is 1. The summed E-state index contributed by atoms with van der Waals surface area (Å²) < 4.78 is 61.5. The Kier molecular flexibility index (Phi) is 6.48. The molecule has 0 unspecified atom stereocenters. The Bertz CT molecular complexity index is 1150. The van der Waals surface area contributed by atoms with Crippen LogP contribution in [0.15, 0.2) is 42.5 Å². The summed E-state index contributed by atoms with van der Waals surface area (Å²) in [6.45, 7) is 2.80. The van der Waals surface area contributed by atoms with Crippen molar-refractivity contribution in [2.24, 2.45) is 0 Å². The number of halogens is 4. The predicted octanol–water partition coefficient (Wildman–Crippen LogP) is 5.60. The van der Waals surface area contributed by atoms with E-state index >= 15 is 0 Å². The van der Waals surface area contributed by atoms with Crippen LogP contribution in [0.3, 0.4) is 0 Å². The quantitative estimate of drug-likeness (QED) is 0.476. The number of hydrogen-bond donors (Lipinski definition) is 2. The molecule has 0 spiro atoms. The molecule has 3 aromatic carbocycles. The molecular formula is C23H19F4NO3. The van der Waals surface area contributed by atoms with Crippen LogP contribution in [-0.2, 0) is 11.3 Å². The highest BCUT2D eigenvalue weighted by Crippen LogP contribution is 2.31. The highest BCUT2D eigenvalue weighted by molar-refractivity contribution is 5.69. The lowest BCUT2D eigenvalue weighted by atomic mass is 9.95. The maximum Gasteiger partial charge on any atom is 0.341 e. The minimum atomic E-state index is -1.30. The highest BCUT2D eigenvalue weighted by atomic mass is 19.2. The molecule has 0 fully saturated rings. The Morgan fingerprint density at radius 2 is 1.74 bits per heavy atom. The third-order valence-corrected chi connectivity index (χ3v) is 4.90. The number of hydrogen-bond acceptors (Lipinski definition) is 3. The zero-order valence-corrected chi connectivity index (χ0v) is 16.7. The van der Waals surface area contributed by atoms with Gasteiger partial charge in [-0.3, -0.25) is 0 Å². The molecule has 0 radical (unpaired) electrons. The van der Waals surface area contributed by atoms with Crippen molar-refractivity contribution in [3.63, 3.8) is 0 Å². The van der Waals surface area contributed by atoms with E-state index in [4.69, 9.17) is 9.84 Å². The molecule has 0 bridgehead atoms. The number of ether oxygens (including phenoxy) is 1. The maximum atomic E-state index is 14.6. The molecule has 162 valence electrons. The van der Waals surface area contributed by atoms with Crippen LogP contribution >= 0.6 is 0 Å². The Morgan fingerprint density at radius 1 is 1.00 bits per heavy atom. The van der Waals surface area contributed by atoms with E-state index in [1.807, 2.05) is 0 Å². The molecule has 0 amide bonds. The van der Waals surface area contributed by atoms with E-state index in [0.29, 0.717) is 11.1 Å². The van der Waals surface area contributed by atoms with E-state index in [1.54, 1.807) is 26.0 Å². The lowest BCUT2D eigenvalue weighted by molar-refractivity contribution is -0.139. The molecule has 31 heavy (non-hydrogen) atoms. The summed E-state index contributed by atoms with van der Waals surface area (Å²) >= 11 is 0.